The van der Waals surface area contributed by atoms with Crippen molar-refractivity contribution in [2.75, 3.05) is 19.0 Å². The second-order valence-corrected chi connectivity index (χ2v) is 5.40. The van der Waals surface area contributed by atoms with Crippen molar-refractivity contribution in [2.45, 2.75) is 0 Å². The van der Waals surface area contributed by atoms with Crippen LogP contribution in [0.4, 0.5) is 17.1 Å². The Morgan fingerprint density at radius 3 is 2.15 bits per heavy atom. The van der Waals surface area contributed by atoms with Gasteiger partial charge in [0.25, 0.3) is 17.3 Å². The van der Waals surface area contributed by atoms with Crippen LogP contribution in [-0.4, -0.2) is 36.1 Å². The van der Waals surface area contributed by atoms with Crippen LogP contribution in [0.25, 0.3) is 0 Å². The number of anilines is 1. The van der Waals surface area contributed by atoms with Crippen LogP contribution in [0, 0.1) is 20.2 Å². The number of hydrogen-bond acceptors (Lipinski definition) is 7. The van der Waals surface area contributed by atoms with Crippen molar-refractivity contribution in [3.05, 3.63) is 73.8 Å². The highest BCUT2D eigenvalue weighted by Crippen LogP contribution is 2.22. The van der Waals surface area contributed by atoms with Crippen molar-refractivity contribution >= 4 is 29.2 Å². The van der Waals surface area contributed by atoms with Gasteiger partial charge in [-0.2, -0.15) is 5.10 Å². The standard InChI is InChI=1S/C16H15N5O5/c1-19(2)15-8-7-14(21(25)26)9-12(15)10-17-18-16(22)11-3-5-13(6-4-11)20(23)24/h3-10H,1-2H3,(H,18,22)/b17-10-. The molecule has 0 aliphatic heterocycles. The Labute approximate surface area is 148 Å². The Morgan fingerprint density at radius 2 is 1.62 bits per heavy atom. The van der Waals surface area contributed by atoms with Crippen molar-refractivity contribution in [1.29, 1.82) is 0 Å². The fraction of sp³-hybridized carbons (Fsp3) is 0.125. The number of benzene rings is 2. The number of carbonyl (C=O) groups is 1. The van der Waals surface area contributed by atoms with E-state index in [1.54, 1.807) is 25.1 Å². The molecule has 2 aromatic carbocycles. The molecule has 0 aliphatic rings. The summed E-state index contributed by atoms with van der Waals surface area (Å²) in [5.41, 5.74) is 3.39. The average molecular weight is 357 g/mol. The van der Waals surface area contributed by atoms with Gasteiger partial charge in [-0.1, -0.05) is 0 Å². The Balaban J connectivity index is 2.16. The highest BCUT2D eigenvalue weighted by Gasteiger charge is 2.12. The van der Waals surface area contributed by atoms with Gasteiger partial charge < -0.3 is 4.90 Å². The number of nitrogens with one attached hydrogen (secondary N) is 1. The lowest BCUT2D eigenvalue weighted by Crippen LogP contribution is -2.18. The molecule has 0 unspecified atom stereocenters. The summed E-state index contributed by atoms with van der Waals surface area (Å²) in [5, 5.41) is 25.3. The molecule has 0 heterocycles. The van der Waals surface area contributed by atoms with Crippen LogP contribution in [0.2, 0.25) is 0 Å². The molecule has 2 aromatic rings. The zero-order valence-corrected chi connectivity index (χ0v) is 13.9. The lowest BCUT2D eigenvalue weighted by atomic mass is 10.1. The summed E-state index contributed by atoms with van der Waals surface area (Å²) in [6.07, 6.45) is 1.30. The van der Waals surface area contributed by atoms with Crippen LogP contribution in [0.5, 0.6) is 0 Å². The summed E-state index contributed by atoms with van der Waals surface area (Å²) in [5.74, 6) is -0.562. The van der Waals surface area contributed by atoms with Gasteiger partial charge in [-0.25, -0.2) is 5.43 Å². The third-order valence-electron chi connectivity index (χ3n) is 3.41. The smallest absolute Gasteiger partial charge is 0.271 e. The monoisotopic (exact) mass is 357 g/mol. The maximum atomic E-state index is 12.0. The number of nitro benzene ring substituents is 2. The van der Waals surface area contributed by atoms with E-state index in [9.17, 15) is 25.0 Å². The largest absolute Gasteiger partial charge is 0.377 e. The minimum Gasteiger partial charge on any atom is -0.377 e. The maximum Gasteiger partial charge on any atom is 0.271 e. The van der Waals surface area contributed by atoms with Crippen LogP contribution in [-0.2, 0) is 0 Å². The van der Waals surface area contributed by atoms with Gasteiger partial charge in [0.05, 0.1) is 16.1 Å². The van der Waals surface area contributed by atoms with Gasteiger partial charge in [-0.15, -0.1) is 0 Å². The Bertz CT molecular complexity index is 877. The van der Waals surface area contributed by atoms with E-state index in [0.717, 1.165) is 0 Å². The molecule has 0 aromatic heterocycles. The molecule has 0 atom stereocenters. The minimum absolute atomic E-state index is 0.0984. The molecule has 0 saturated heterocycles. The first-order valence-electron chi connectivity index (χ1n) is 7.33. The van der Waals surface area contributed by atoms with Gasteiger partial charge in [0, 0.05) is 55.2 Å². The molecule has 10 heteroatoms. The Morgan fingerprint density at radius 1 is 1.04 bits per heavy atom. The summed E-state index contributed by atoms with van der Waals surface area (Å²) in [4.78, 5) is 34.2. The number of nitrogens with zero attached hydrogens (tertiary/aromatic N) is 4. The predicted molar refractivity (Wildman–Crippen MR) is 95.6 cm³/mol. The molecule has 0 radical (unpaired) electrons. The maximum absolute atomic E-state index is 12.0. The summed E-state index contributed by atoms with van der Waals surface area (Å²) in [6.45, 7) is 0. The van der Waals surface area contributed by atoms with E-state index in [1.165, 1.54) is 42.6 Å². The number of nitro groups is 2. The molecule has 26 heavy (non-hydrogen) atoms. The van der Waals surface area contributed by atoms with Crippen LogP contribution in [0.3, 0.4) is 0 Å². The molecule has 134 valence electrons. The van der Waals surface area contributed by atoms with Crippen LogP contribution < -0.4 is 10.3 Å². The predicted octanol–water partition coefficient (Wildman–Crippen LogP) is 2.33. The number of hydrogen-bond donors (Lipinski definition) is 1. The molecule has 1 N–H and O–H groups in total. The van der Waals surface area contributed by atoms with Gasteiger partial charge in [0.2, 0.25) is 0 Å². The normalized spacial score (nSPS) is 10.5. The van der Waals surface area contributed by atoms with Crippen molar-refractivity contribution < 1.29 is 14.6 Å². The first-order chi connectivity index (χ1) is 12.3. The van der Waals surface area contributed by atoms with E-state index in [4.69, 9.17) is 0 Å². The second-order valence-electron chi connectivity index (χ2n) is 5.40. The van der Waals surface area contributed by atoms with E-state index in [2.05, 4.69) is 10.5 Å². The third kappa shape index (κ3) is 4.38. The quantitative estimate of drug-likeness (QED) is 0.479. The molecule has 0 spiro atoms. The molecule has 10 nitrogen and oxygen atoms in total. The van der Waals surface area contributed by atoms with Crippen LogP contribution in [0.15, 0.2) is 47.6 Å². The lowest BCUT2D eigenvalue weighted by molar-refractivity contribution is -0.385. The van der Waals surface area contributed by atoms with Crippen molar-refractivity contribution in [3.63, 3.8) is 0 Å². The molecule has 0 aliphatic carbocycles. The Hall–Kier alpha value is -3.82. The van der Waals surface area contributed by atoms with Crippen molar-refractivity contribution in [1.82, 2.24) is 5.43 Å². The second kappa shape index (κ2) is 7.83. The fourth-order valence-electron chi connectivity index (χ4n) is 2.13. The lowest BCUT2D eigenvalue weighted by Gasteiger charge is -2.14. The van der Waals surface area contributed by atoms with Gasteiger partial charge in [0.1, 0.15) is 0 Å². The molecule has 0 fully saturated rings. The molecule has 0 bridgehead atoms. The van der Waals surface area contributed by atoms with Gasteiger partial charge in [0.15, 0.2) is 0 Å². The summed E-state index contributed by atoms with van der Waals surface area (Å²) in [6, 6.07) is 9.34. The number of carbonyl (C=O) groups excluding carboxylic acids is 1. The summed E-state index contributed by atoms with van der Waals surface area (Å²) >= 11 is 0. The van der Waals surface area contributed by atoms with Gasteiger partial charge >= 0.3 is 0 Å². The number of non-ortho nitro benzene ring substituents is 2. The topological polar surface area (TPSA) is 131 Å². The molecule has 0 saturated carbocycles. The van der Waals surface area contributed by atoms with Crippen LogP contribution >= 0.6 is 0 Å². The van der Waals surface area contributed by atoms with Crippen LogP contribution in [0.1, 0.15) is 15.9 Å². The minimum atomic E-state index is -0.565. The number of hydrazone groups is 1. The zero-order chi connectivity index (χ0) is 19.3. The first-order valence-corrected chi connectivity index (χ1v) is 7.33. The molecular formula is C16H15N5O5. The highest BCUT2D eigenvalue weighted by molar-refractivity contribution is 5.96. The van der Waals surface area contributed by atoms with E-state index in [0.29, 0.717) is 11.3 Å². The first kappa shape index (κ1) is 18.5. The molecular weight excluding hydrogens is 342 g/mol. The zero-order valence-electron chi connectivity index (χ0n) is 13.9. The number of rotatable bonds is 6. The Kier molecular flexibility index (Phi) is 5.58. The summed E-state index contributed by atoms with van der Waals surface area (Å²) in [7, 11) is 3.54. The average Bonchev–Trinajstić information content (AvgIpc) is 2.61. The van der Waals surface area contributed by atoms with E-state index < -0.39 is 15.8 Å². The summed E-state index contributed by atoms with van der Waals surface area (Å²) < 4.78 is 0. The third-order valence-corrected chi connectivity index (χ3v) is 3.41. The van der Waals surface area contributed by atoms with E-state index in [-0.39, 0.29) is 16.9 Å². The van der Waals surface area contributed by atoms with Gasteiger partial charge in [-0.05, 0) is 18.2 Å². The van der Waals surface area contributed by atoms with E-state index in [1.807, 2.05) is 0 Å². The number of amides is 1. The van der Waals surface area contributed by atoms with Crippen molar-refractivity contribution in [2.24, 2.45) is 5.10 Å². The highest BCUT2D eigenvalue weighted by atomic mass is 16.6. The fourth-order valence-corrected chi connectivity index (χ4v) is 2.13. The van der Waals surface area contributed by atoms with Crippen molar-refractivity contribution in [3.8, 4) is 0 Å². The van der Waals surface area contributed by atoms with E-state index >= 15 is 0 Å². The molecule has 1 amide bonds. The SMILES string of the molecule is CN(C)c1ccc([N+](=O)[O-])cc1/C=N\NC(=O)c1ccc([N+](=O)[O-])cc1. The molecule has 2 rings (SSSR count). The van der Waals surface area contributed by atoms with Gasteiger partial charge in [-0.3, -0.25) is 25.0 Å².